The molecule has 0 spiro atoms. The van der Waals surface area contributed by atoms with E-state index in [1.807, 2.05) is 13.1 Å². The Morgan fingerprint density at radius 3 is 1.56 bits per heavy atom. The van der Waals surface area contributed by atoms with Crippen LogP contribution in [0.1, 0.15) is 13.8 Å². The van der Waals surface area contributed by atoms with Crippen molar-refractivity contribution in [3.05, 3.63) is 0 Å². The van der Waals surface area contributed by atoms with E-state index in [4.69, 9.17) is 4.43 Å². The molecule has 2 N–H and O–H groups in total. The zero-order valence-corrected chi connectivity index (χ0v) is 15.8. The highest BCUT2D eigenvalue weighted by Gasteiger charge is 2.74. The van der Waals surface area contributed by atoms with Gasteiger partial charge in [0.25, 0.3) is 0 Å². The lowest BCUT2D eigenvalue weighted by atomic mass is 10.5. The molecular weight excluding hydrogens is 268 g/mol. The minimum Gasteiger partial charge on any atom is -0.434 e. The predicted octanol–water partition coefficient (Wildman–Crippen LogP) is 1.62. The van der Waals surface area contributed by atoms with Crippen molar-refractivity contribution in [1.29, 1.82) is 0 Å². The molecule has 0 aromatic rings. The average Bonchev–Trinajstić information content (AvgIpc) is 1.98. The van der Waals surface area contributed by atoms with Crippen molar-refractivity contribution in [3.8, 4) is 0 Å². The van der Waals surface area contributed by atoms with E-state index in [1.165, 1.54) is 0 Å². The van der Waals surface area contributed by atoms with Crippen LogP contribution in [-0.4, -0.2) is 44.9 Å². The molecule has 1 heterocycles. The van der Waals surface area contributed by atoms with E-state index in [-0.39, 0.29) is 5.22 Å². The fourth-order valence-electron chi connectivity index (χ4n) is 2.65. The Balaban J connectivity index is 3.43. The van der Waals surface area contributed by atoms with Gasteiger partial charge in [-0.25, -0.2) is 0 Å². The molecule has 0 aromatic heterocycles. The van der Waals surface area contributed by atoms with Gasteiger partial charge in [-0.3, -0.25) is 0 Å². The largest absolute Gasteiger partial charge is 0.434 e. The molecule has 0 amide bonds. The van der Waals surface area contributed by atoms with Gasteiger partial charge in [0.15, 0.2) is 7.35 Å². The molecule has 1 fully saturated rings. The van der Waals surface area contributed by atoms with Crippen molar-refractivity contribution in [2.45, 2.75) is 58.4 Å². The van der Waals surface area contributed by atoms with Crippen LogP contribution in [0, 0.1) is 0 Å². The molecule has 0 aliphatic carbocycles. The van der Waals surface area contributed by atoms with Gasteiger partial charge in [0.05, 0.1) is 0 Å². The predicted molar refractivity (Wildman–Crippen MR) is 77.8 cm³/mol. The Bertz CT molecular complexity index is 282. The van der Waals surface area contributed by atoms with E-state index in [9.17, 15) is 9.59 Å². The molecule has 2 atom stereocenters. The maximum absolute atomic E-state index is 11.1. The molecule has 16 heavy (non-hydrogen) atoms. The van der Waals surface area contributed by atoms with Gasteiger partial charge in [-0.1, -0.05) is 13.1 Å². The molecule has 1 rings (SSSR count). The van der Waals surface area contributed by atoms with Gasteiger partial charge in [0.2, 0.25) is 15.2 Å². The lowest BCUT2D eigenvalue weighted by Gasteiger charge is -2.62. The first kappa shape index (κ1) is 14.8. The number of hydrogen-bond donors (Lipinski definition) is 2. The second-order valence-corrected chi connectivity index (χ2v) is 40.9. The van der Waals surface area contributed by atoms with Crippen LogP contribution < -0.4 is 0 Å². The van der Waals surface area contributed by atoms with Gasteiger partial charge in [-0.05, 0) is 40.0 Å². The summed E-state index contributed by atoms with van der Waals surface area (Å²) in [7, 11) is -9.23. The summed E-state index contributed by atoms with van der Waals surface area (Å²) in [6.07, 6.45) is 0. The summed E-state index contributed by atoms with van der Waals surface area (Å²) in [6, 6.07) is 0. The van der Waals surface area contributed by atoms with E-state index in [1.54, 1.807) is 0 Å². The average molecular weight is 295 g/mol. The van der Waals surface area contributed by atoms with Crippen LogP contribution in [0.4, 0.5) is 0 Å². The fourth-order valence-corrected chi connectivity index (χ4v) is 63.5. The summed E-state index contributed by atoms with van der Waals surface area (Å²) in [4.78, 5) is 22.0. The third kappa shape index (κ3) is 1.53. The Morgan fingerprint density at radius 2 is 1.19 bits per heavy atom. The van der Waals surface area contributed by atoms with Crippen molar-refractivity contribution in [3.63, 3.8) is 0 Å². The quantitative estimate of drug-likeness (QED) is 0.668. The van der Waals surface area contributed by atoms with E-state index in [0.717, 1.165) is 0 Å². The summed E-state index contributed by atoms with van der Waals surface area (Å²) in [5.74, 6) is 0. The van der Waals surface area contributed by atoms with Crippen LogP contribution in [-0.2, 0) is 4.43 Å². The Morgan fingerprint density at radius 1 is 0.812 bits per heavy atom. The van der Waals surface area contributed by atoms with Crippen LogP contribution in [0.15, 0.2) is 0 Å². The van der Waals surface area contributed by atoms with Crippen molar-refractivity contribution in [1.82, 2.24) is 0 Å². The molecule has 0 radical (unpaired) electrons. The maximum atomic E-state index is 11.1. The first-order valence-electron chi connectivity index (χ1n) is 5.86. The standard InChI is InChI=1S/C9H26O3Si4/c1-9(2)12-14(5,6)16(8,11)15(7,10)13(9,3)4/h10-11H,1-8H3. The zero-order chi connectivity index (χ0) is 13.2. The molecule has 0 aromatic carbocycles. The normalized spacial score (nSPS) is 45.4. The van der Waals surface area contributed by atoms with Crippen LogP contribution in [0.25, 0.3) is 0 Å². The maximum Gasteiger partial charge on any atom is 0.218 e. The third-order valence-corrected chi connectivity index (χ3v) is 60.6. The monoisotopic (exact) mass is 294 g/mol. The molecule has 1 saturated heterocycles. The number of rotatable bonds is 0. The van der Waals surface area contributed by atoms with Crippen LogP contribution >= 0.6 is 0 Å². The molecule has 3 nitrogen and oxygen atoms in total. The molecule has 1 aliphatic rings. The van der Waals surface area contributed by atoms with Crippen molar-refractivity contribution in [2.75, 3.05) is 0 Å². The van der Waals surface area contributed by atoms with E-state index in [2.05, 4.69) is 40.0 Å². The third-order valence-electron chi connectivity index (χ3n) is 5.35. The van der Waals surface area contributed by atoms with Crippen molar-refractivity contribution >= 4 is 30.1 Å². The van der Waals surface area contributed by atoms with Gasteiger partial charge < -0.3 is 14.0 Å². The van der Waals surface area contributed by atoms with Gasteiger partial charge in [0, 0.05) is 5.22 Å². The van der Waals surface area contributed by atoms with Crippen LogP contribution in [0.2, 0.25) is 39.3 Å². The van der Waals surface area contributed by atoms with Crippen molar-refractivity contribution < 1.29 is 14.0 Å². The molecule has 7 heteroatoms. The molecule has 2 unspecified atom stereocenters. The topological polar surface area (TPSA) is 49.7 Å². The van der Waals surface area contributed by atoms with Crippen molar-refractivity contribution in [2.24, 2.45) is 0 Å². The Kier molecular flexibility index (Phi) is 3.14. The van der Waals surface area contributed by atoms with Crippen LogP contribution in [0.5, 0.6) is 0 Å². The summed E-state index contributed by atoms with van der Waals surface area (Å²) in [5, 5.41) is -0.215. The number of hydrogen-bond acceptors (Lipinski definition) is 3. The molecule has 1 aliphatic heterocycles. The molecule has 0 bridgehead atoms. The Hall–Kier alpha value is 0.748. The van der Waals surface area contributed by atoms with Gasteiger partial charge >= 0.3 is 0 Å². The first-order chi connectivity index (χ1) is 6.71. The lowest BCUT2D eigenvalue weighted by molar-refractivity contribution is 0.178. The van der Waals surface area contributed by atoms with E-state index >= 15 is 0 Å². The van der Waals surface area contributed by atoms with Gasteiger partial charge in [-0.2, -0.15) is 0 Å². The minimum atomic E-state index is -2.60. The summed E-state index contributed by atoms with van der Waals surface area (Å²) < 4.78 is 6.31. The molecule has 96 valence electrons. The minimum absolute atomic E-state index is 0.215. The Labute approximate surface area is 103 Å². The second-order valence-electron chi connectivity index (χ2n) is 6.89. The highest BCUT2D eigenvalue weighted by molar-refractivity contribution is 7.80. The SMILES string of the molecule is CC1(C)O[Si](C)(C)[Si](C)(O)[Si](C)(O)[Si]1(C)C. The highest BCUT2D eigenvalue weighted by Crippen LogP contribution is 2.45. The van der Waals surface area contributed by atoms with Crippen LogP contribution in [0.3, 0.4) is 0 Å². The summed E-state index contributed by atoms with van der Waals surface area (Å²) >= 11 is 0. The second kappa shape index (κ2) is 3.40. The molecule has 0 saturated carbocycles. The van der Waals surface area contributed by atoms with Gasteiger partial charge in [0.1, 0.15) is 7.59 Å². The molecular formula is C9H26O3Si4. The highest BCUT2D eigenvalue weighted by atomic mass is 29.8. The van der Waals surface area contributed by atoms with E-state index < -0.39 is 30.1 Å². The first-order valence-corrected chi connectivity index (χ1v) is 19.7. The summed E-state index contributed by atoms with van der Waals surface area (Å²) in [6.45, 7) is 16.7. The fraction of sp³-hybridized carbons (Fsp3) is 1.00. The van der Waals surface area contributed by atoms with E-state index in [0.29, 0.717) is 0 Å². The zero-order valence-electron chi connectivity index (χ0n) is 11.8. The lowest BCUT2D eigenvalue weighted by Crippen LogP contribution is -2.92. The van der Waals surface area contributed by atoms with Gasteiger partial charge in [-0.15, -0.1) is 0 Å². The summed E-state index contributed by atoms with van der Waals surface area (Å²) in [5.41, 5.74) is 0. The smallest absolute Gasteiger partial charge is 0.218 e.